The summed E-state index contributed by atoms with van der Waals surface area (Å²) in [6, 6.07) is 4.75. The number of carboxylic acids is 1. The zero-order valence-electron chi connectivity index (χ0n) is 8.58. The van der Waals surface area contributed by atoms with Gasteiger partial charge in [0, 0.05) is 6.20 Å². The molecule has 86 valence electrons. The number of thiophene rings is 1. The van der Waals surface area contributed by atoms with Gasteiger partial charge in [-0.3, -0.25) is 9.78 Å². The first-order valence-electron chi connectivity index (χ1n) is 4.70. The lowest BCUT2D eigenvalue weighted by Gasteiger charge is -2.06. The van der Waals surface area contributed by atoms with Gasteiger partial charge in [-0.25, -0.2) is 4.79 Å². The first-order valence-corrected chi connectivity index (χ1v) is 5.58. The SMILES string of the molecule is O=C(Nc1cnccc1C(=O)O)c1cccs1. The molecule has 0 fully saturated rings. The van der Waals surface area contributed by atoms with E-state index in [-0.39, 0.29) is 17.2 Å². The van der Waals surface area contributed by atoms with Crippen LogP contribution in [0.3, 0.4) is 0 Å². The standard InChI is InChI=1S/C11H8N2O3S/c14-10(9-2-1-5-17-9)13-8-6-12-4-3-7(8)11(15)16/h1-6H,(H,13,14)(H,15,16). The molecule has 0 radical (unpaired) electrons. The molecule has 2 heterocycles. The number of hydrogen-bond donors (Lipinski definition) is 2. The van der Waals surface area contributed by atoms with E-state index >= 15 is 0 Å². The molecule has 0 saturated heterocycles. The molecule has 5 nitrogen and oxygen atoms in total. The van der Waals surface area contributed by atoms with Crippen molar-refractivity contribution in [3.8, 4) is 0 Å². The zero-order valence-corrected chi connectivity index (χ0v) is 9.40. The van der Waals surface area contributed by atoms with Gasteiger partial charge in [-0.15, -0.1) is 11.3 Å². The third-order valence-electron chi connectivity index (χ3n) is 2.04. The molecule has 0 aliphatic heterocycles. The number of hydrogen-bond acceptors (Lipinski definition) is 4. The van der Waals surface area contributed by atoms with Crippen LogP contribution in [0.25, 0.3) is 0 Å². The monoisotopic (exact) mass is 248 g/mol. The number of anilines is 1. The van der Waals surface area contributed by atoms with E-state index in [1.165, 1.54) is 29.8 Å². The Labute approximate surface area is 101 Å². The second kappa shape index (κ2) is 4.75. The van der Waals surface area contributed by atoms with E-state index in [0.717, 1.165) is 0 Å². The van der Waals surface area contributed by atoms with Crippen LogP contribution >= 0.6 is 11.3 Å². The molecule has 0 aliphatic rings. The molecule has 0 aromatic carbocycles. The Morgan fingerprint density at radius 3 is 2.82 bits per heavy atom. The Morgan fingerprint density at radius 1 is 1.35 bits per heavy atom. The van der Waals surface area contributed by atoms with Crippen molar-refractivity contribution >= 4 is 28.9 Å². The van der Waals surface area contributed by atoms with E-state index in [9.17, 15) is 9.59 Å². The average Bonchev–Trinajstić information content (AvgIpc) is 2.83. The summed E-state index contributed by atoms with van der Waals surface area (Å²) < 4.78 is 0. The second-order valence-corrected chi connectivity index (χ2v) is 4.11. The summed E-state index contributed by atoms with van der Waals surface area (Å²) in [5.74, 6) is -1.44. The van der Waals surface area contributed by atoms with Crippen LogP contribution in [0.15, 0.2) is 36.0 Å². The van der Waals surface area contributed by atoms with Crippen LogP contribution in [0.5, 0.6) is 0 Å². The average molecular weight is 248 g/mol. The summed E-state index contributed by atoms with van der Waals surface area (Å²) in [6.45, 7) is 0. The number of rotatable bonds is 3. The van der Waals surface area contributed by atoms with Gasteiger partial charge in [0.15, 0.2) is 0 Å². The second-order valence-electron chi connectivity index (χ2n) is 3.16. The number of aromatic carboxylic acids is 1. The summed E-state index contributed by atoms with van der Waals surface area (Å²) in [4.78, 5) is 26.9. The molecule has 0 unspecified atom stereocenters. The van der Waals surface area contributed by atoms with E-state index in [1.54, 1.807) is 17.5 Å². The molecule has 2 aromatic rings. The summed E-state index contributed by atoms with van der Waals surface area (Å²) in [5, 5.41) is 13.2. The minimum Gasteiger partial charge on any atom is -0.478 e. The predicted octanol–water partition coefficient (Wildman–Crippen LogP) is 2.09. The lowest BCUT2D eigenvalue weighted by Crippen LogP contribution is -2.13. The van der Waals surface area contributed by atoms with Crippen molar-refractivity contribution in [3.05, 3.63) is 46.4 Å². The molecule has 2 N–H and O–H groups in total. The largest absolute Gasteiger partial charge is 0.478 e. The van der Waals surface area contributed by atoms with E-state index in [0.29, 0.717) is 4.88 Å². The quantitative estimate of drug-likeness (QED) is 0.871. The molecule has 0 aliphatic carbocycles. The Kier molecular flexibility index (Phi) is 3.15. The fourth-order valence-corrected chi connectivity index (χ4v) is 1.89. The Morgan fingerprint density at radius 2 is 2.18 bits per heavy atom. The van der Waals surface area contributed by atoms with Gasteiger partial charge < -0.3 is 10.4 Å². The van der Waals surface area contributed by atoms with E-state index < -0.39 is 5.97 Å². The predicted molar refractivity (Wildman–Crippen MR) is 63.5 cm³/mol. The number of carbonyl (C=O) groups excluding carboxylic acids is 1. The van der Waals surface area contributed by atoms with Crippen LogP contribution in [0.1, 0.15) is 20.0 Å². The van der Waals surface area contributed by atoms with Crippen molar-refractivity contribution in [2.45, 2.75) is 0 Å². The molecular formula is C11H8N2O3S. The van der Waals surface area contributed by atoms with E-state index in [4.69, 9.17) is 5.11 Å². The molecule has 1 amide bonds. The van der Waals surface area contributed by atoms with Gasteiger partial charge in [0.1, 0.15) is 0 Å². The number of carboxylic acid groups (broad SMARTS) is 1. The first kappa shape index (κ1) is 11.3. The Hall–Kier alpha value is -2.21. The van der Waals surface area contributed by atoms with E-state index in [2.05, 4.69) is 10.3 Å². The van der Waals surface area contributed by atoms with Gasteiger partial charge in [0.05, 0.1) is 22.3 Å². The van der Waals surface area contributed by atoms with Crippen LogP contribution in [0.4, 0.5) is 5.69 Å². The van der Waals surface area contributed by atoms with Crippen molar-refractivity contribution in [1.29, 1.82) is 0 Å². The van der Waals surface area contributed by atoms with Crippen molar-refractivity contribution in [1.82, 2.24) is 4.98 Å². The summed E-state index contributed by atoms with van der Waals surface area (Å²) in [5.41, 5.74) is 0.211. The van der Waals surface area contributed by atoms with Crippen LogP contribution in [-0.2, 0) is 0 Å². The molecule has 0 saturated carbocycles. The highest BCUT2D eigenvalue weighted by Crippen LogP contribution is 2.16. The fourth-order valence-electron chi connectivity index (χ4n) is 1.27. The molecule has 0 spiro atoms. The zero-order chi connectivity index (χ0) is 12.3. The molecule has 0 atom stereocenters. The molecule has 0 bridgehead atoms. The molecule has 6 heteroatoms. The summed E-state index contributed by atoms with van der Waals surface area (Å²) >= 11 is 1.28. The third kappa shape index (κ3) is 2.48. The lowest BCUT2D eigenvalue weighted by atomic mass is 10.2. The number of nitrogens with one attached hydrogen (secondary N) is 1. The Bertz CT molecular complexity index is 552. The molecule has 2 aromatic heterocycles. The molecule has 17 heavy (non-hydrogen) atoms. The number of nitrogens with zero attached hydrogens (tertiary/aromatic N) is 1. The lowest BCUT2D eigenvalue weighted by molar-refractivity contribution is 0.0698. The first-order chi connectivity index (χ1) is 8.18. The fraction of sp³-hybridized carbons (Fsp3) is 0. The van der Waals surface area contributed by atoms with Gasteiger partial charge >= 0.3 is 5.97 Å². The van der Waals surface area contributed by atoms with Crippen molar-refractivity contribution in [2.75, 3.05) is 5.32 Å². The number of pyridine rings is 1. The van der Waals surface area contributed by atoms with Gasteiger partial charge in [0.2, 0.25) is 0 Å². The maximum Gasteiger partial charge on any atom is 0.337 e. The summed E-state index contributed by atoms with van der Waals surface area (Å²) in [7, 11) is 0. The highest BCUT2D eigenvalue weighted by molar-refractivity contribution is 7.12. The van der Waals surface area contributed by atoms with Crippen LogP contribution in [-0.4, -0.2) is 22.0 Å². The highest BCUT2D eigenvalue weighted by atomic mass is 32.1. The normalized spacial score (nSPS) is 9.88. The van der Waals surface area contributed by atoms with Gasteiger partial charge in [0.25, 0.3) is 5.91 Å². The van der Waals surface area contributed by atoms with Crippen molar-refractivity contribution in [2.24, 2.45) is 0 Å². The number of carbonyl (C=O) groups is 2. The molecule has 2 rings (SSSR count). The van der Waals surface area contributed by atoms with Gasteiger partial charge in [-0.1, -0.05) is 6.07 Å². The number of aromatic nitrogens is 1. The minimum absolute atomic E-state index is 0.0184. The van der Waals surface area contributed by atoms with Gasteiger partial charge in [-0.2, -0.15) is 0 Å². The maximum absolute atomic E-state index is 11.7. The Balaban J connectivity index is 2.25. The topological polar surface area (TPSA) is 79.3 Å². The number of amides is 1. The summed E-state index contributed by atoms with van der Waals surface area (Å²) in [6.07, 6.45) is 2.68. The van der Waals surface area contributed by atoms with Gasteiger partial charge in [-0.05, 0) is 17.5 Å². The van der Waals surface area contributed by atoms with Crippen LogP contribution in [0, 0.1) is 0 Å². The smallest absolute Gasteiger partial charge is 0.337 e. The van der Waals surface area contributed by atoms with Crippen LogP contribution < -0.4 is 5.32 Å². The van der Waals surface area contributed by atoms with Crippen molar-refractivity contribution < 1.29 is 14.7 Å². The third-order valence-corrected chi connectivity index (χ3v) is 2.91. The minimum atomic E-state index is -1.10. The maximum atomic E-state index is 11.7. The highest BCUT2D eigenvalue weighted by Gasteiger charge is 2.13. The van der Waals surface area contributed by atoms with Crippen molar-refractivity contribution in [3.63, 3.8) is 0 Å². The molecular weight excluding hydrogens is 240 g/mol. The van der Waals surface area contributed by atoms with E-state index in [1.807, 2.05) is 0 Å². The van der Waals surface area contributed by atoms with Crippen LogP contribution in [0.2, 0.25) is 0 Å².